The largest absolute Gasteiger partial charge is 0.479 e. The molecular weight excluding hydrogens is 214 g/mol. The van der Waals surface area contributed by atoms with Crippen molar-refractivity contribution in [2.75, 3.05) is 20.3 Å². The van der Waals surface area contributed by atoms with Gasteiger partial charge in [0.15, 0.2) is 6.10 Å². The monoisotopic (exact) mass is 233 g/mol. The molecule has 1 amide bonds. The van der Waals surface area contributed by atoms with Crippen molar-refractivity contribution in [2.24, 2.45) is 5.92 Å². The number of carbonyl (C=O) groups excluding carboxylic acids is 1. The average Bonchev–Trinajstić information content (AvgIpc) is 2.17. The molecule has 0 aromatic rings. The Morgan fingerprint density at radius 1 is 1.44 bits per heavy atom. The van der Waals surface area contributed by atoms with Gasteiger partial charge in [0, 0.05) is 33.1 Å². The van der Waals surface area contributed by atoms with Crippen molar-refractivity contribution < 1.29 is 24.5 Å². The first kappa shape index (κ1) is 14.9. The Hall–Kier alpha value is -1.14. The first-order valence-electron chi connectivity index (χ1n) is 5.13. The number of hydrogen-bond donors (Lipinski definition) is 3. The number of aliphatic carboxylic acids is 1. The third-order valence-corrected chi connectivity index (χ3v) is 2.01. The lowest BCUT2D eigenvalue weighted by atomic mass is 10.1. The highest BCUT2D eigenvalue weighted by molar-refractivity contribution is 5.76. The lowest BCUT2D eigenvalue weighted by molar-refractivity contribution is -0.147. The van der Waals surface area contributed by atoms with E-state index in [4.69, 9.17) is 14.9 Å². The predicted octanol–water partition coefficient (Wildman–Crippen LogP) is -0.389. The van der Waals surface area contributed by atoms with Gasteiger partial charge in [0.05, 0.1) is 0 Å². The summed E-state index contributed by atoms with van der Waals surface area (Å²) in [6, 6.07) is 0. The molecular formula is C10H19NO5. The van der Waals surface area contributed by atoms with Gasteiger partial charge in [-0.05, 0) is 5.92 Å². The minimum absolute atomic E-state index is 0.0136. The van der Waals surface area contributed by atoms with Crippen LogP contribution in [0.5, 0.6) is 0 Å². The van der Waals surface area contributed by atoms with Crippen molar-refractivity contribution in [2.45, 2.75) is 25.9 Å². The van der Waals surface area contributed by atoms with Gasteiger partial charge in [-0.15, -0.1) is 0 Å². The van der Waals surface area contributed by atoms with Crippen LogP contribution in [0.25, 0.3) is 0 Å². The average molecular weight is 233 g/mol. The molecule has 2 atom stereocenters. The summed E-state index contributed by atoms with van der Waals surface area (Å²) in [5, 5.41) is 19.9. The summed E-state index contributed by atoms with van der Waals surface area (Å²) in [6.45, 7) is 2.55. The van der Waals surface area contributed by atoms with E-state index >= 15 is 0 Å². The number of ether oxygens (including phenoxy) is 1. The highest BCUT2D eigenvalue weighted by Crippen LogP contribution is 2.01. The smallest absolute Gasteiger partial charge is 0.332 e. The van der Waals surface area contributed by atoms with Crippen LogP contribution in [0.3, 0.4) is 0 Å². The van der Waals surface area contributed by atoms with Crippen LogP contribution in [-0.4, -0.2) is 48.5 Å². The van der Waals surface area contributed by atoms with E-state index in [2.05, 4.69) is 5.32 Å². The van der Waals surface area contributed by atoms with Crippen LogP contribution in [-0.2, 0) is 14.3 Å². The van der Waals surface area contributed by atoms with Crippen molar-refractivity contribution in [3.8, 4) is 0 Å². The van der Waals surface area contributed by atoms with Crippen LogP contribution >= 0.6 is 0 Å². The zero-order valence-electron chi connectivity index (χ0n) is 9.60. The van der Waals surface area contributed by atoms with Crippen LogP contribution in [0.15, 0.2) is 0 Å². The highest BCUT2D eigenvalue weighted by Gasteiger charge is 2.13. The van der Waals surface area contributed by atoms with E-state index in [1.54, 1.807) is 7.11 Å². The Kier molecular flexibility index (Phi) is 7.49. The van der Waals surface area contributed by atoms with Crippen LogP contribution < -0.4 is 5.32 Å². The number of aliphatic hydroxyl groups excluding tert-OH is 1. The fourth-order valence-corrected chi connectivity index (χ4v) is 1.20. The molecule has 0 bridgehead atoms. The molecule has 3 N–H and O–H groups in total. The number of nitrogens with one attached hydrogen (secondary N) is 1. The summed E-state index contributed by atoms with van der Waals surface area (Å²) < 4.78 is 4.88. The Morgan fingerprint density at radius 3 is 2.56 bits per heavy atom. The molecule has 0 aliphatic heterocycles. The molecule has 16 heavy (non-hydrogen) atoms. The van der Waals surface area contributed by atoms with Crippen LogP contribution in [0, 0.1) is 5.92 Å². The van der Waals surface area contributed by atoms with Gasteiger partial charge >= 0.3 is 5.97 Å². The Bertz CT molecular complexity index is 231. The molecule has 2 unspecified atom stereocenters. The number of hydrogen-bond acceptors (Lipinski definition) is 4. The van der Waals surface area contributed by atoms with E-state index in [9.17, 15) is 9.59 Å². The number of carboxylic acid groups (broad SMARTS) is 1. The molecule has 0 aliphatic carbocycles. The van der Waals surface area contributed by atoms with E-state index in [1.807, 2.05) is 6.92 Å². The molecule has 0 heterocycles. The summed E-state index contributed by atoms with van der Waals surface area (Å²) in [6.07, 6.45) is -1.08. The van der Waals surface area contributed by atoms with Gasteiger partial charge in [0.1, 0.15) is 0 Å². The number of methoxy groups -OCH3 is 1. The summed E-state index contributed by atoms with van der Waals surface area (Å²) in [4.78, 5) is 21.5. The number of carbonyl (C=O) groups is 2. The topological polar surface area (TPSA) is 95.9 Å². The molecule has 6 nitrogen and oxygen atoms in total. The zero-order valence-corrected chi connectivity index (χ0v) is 9.60. The number of carboxylic acids is 1. The summed E-state index contributed by atoms with van der Waals surface area (Å²) in [5.74, 6) is -1.32. The zero-order chi connectivity index (χ0) is 12.6. The van der Waals surface area contributed by atoms with Crippen molar-refractivity contribution in [3.63, 3.8) is 0 Å². The molecule has 0 radical (unpaired) electrons. The highest BCUT2D eigenvalue weighted by atomic mass is 16.5. The van der Waals surface area contributed by atoms with Crippen molar-refractivity contribution >= 4 is 11.9 Å². The SMILES string of the molecule is COCC(C)CC(=O)NCCC(O)C(=O)O. The second-order valence-corrected chi connectivity index (χ2v) is 3.76. The second-order valence-electron chi connectivity index (χ2n) is 3.76. The quantitative estimate of drug-likeness (QED) is 0.530. The van der Waals surface area contributed by atoms with Gasteiger partial charge in [-0.25, -0.2) is 4.79 Å². The van der Waals surface area contributed by atoms with E-state index in [-0.39, 0.29) is 24.8 Å². The van der Waals surface area contributed by atoms with Crippen molar-refractivity contribution in [3.05, 3.63) is 0 Å². The maximum absolute atomic E-state index is 11.3. The Labute approximate surface area is 94.6 Å². The van der Waals surface area contributed by atoms with E-state index in [1.165, 1.54) is 0 Å². The first-order chi connectivity index (χ1) is 7.47. The molecule has 0 aliphatic rings. The maximum atomic E-state index is 11.3. The fraction of sp³-hybridized carbons (Fsp3) is 0.800. The van der Waals surface area contributed by atoms with Gasteiger partial charge in [-0.3, -0.25) is 4.79 Å². The summed E-state index contributed by atoms with van der Waals surface area (Å²) in [7, 11) is 1.57. The lowest BCUT2D eigenvalue weighted by Gasteiger charge is -2.11. The predicted molar refractivity (Wildman–Crippen MR) is 56.9 cm³/mol. The van der Waals surface area contributed by atoms with Gasteiger partial charge in [0.25, 0.3) is 0 Å². The van der Waals surface area contributed by atoms with E-state index in [0.29, 0.717) is 13.0 Å². The molecule has 6 heteroatoms. The van der Waals surface area contributed by atoms with Gasteiger partial charge in [-0.2, -0.15) is 0 Å². The molecule has 0 spiro atoms. The number of amides is 1. The van der Waals surface area contributed by atoms with E-state index < -0.39 is 12.1 Å². The molecule has 94 valence electrons. The van der Waals surface area contributed by atoms with Crippen LogP contribution in [0.2, 0.25) is 0 Å². The molecule has 0 aromatic carbocycles. The van der Waals surface area contributed by atoms with Gasteiger partial charge in [-0.1, -0.05) is 6.92 Å². The molecule has 0 saturated heterocycles. The minimum atomic E-state index is -1.42. The standard InChI is InChI=1S/C10H19NO5/c1-7(6-16-2)5-9(13)11-4-3-8(12)10(14)15/h7-8,12H,3-6H2,1-2H3,(H,11,13)(H,14,15). The van der Waals surface area contributed by atoms with Crippen molar-refractivity contribution in [1.82, 2.24) is 5.32 Å². The number of aliphatic hydroxyl groups is 1. The molecule has 0 saturated carbocycles. The fourth-order valence-electron chi connectivity index (χ4n) is 1.20. The summed E-state index contributed by atoms with van der Waals surface area (Å²) >= 11 is 0. The normalized spacial score (nSPS) is 14.2. The second kappa shape index (κ2) is 8.06. The summed E-state index contributed by atoms with van der Waals surface area (Å²) in [5.41, 5.74) is 0. The lowest BCUT2D eigenvalue weighted by Crippen LogP contribution is -2.31. The van der Waals surface area contributed by atoms with Crippen LogP contribution in [0.4, 0.5) is 0 Å². The maximum Gasteiger partial charge on any atom is 0.332 e. The Morgan fingerprint density at radius 2 is 2.06 bits per heavy atom. The minimum Gasteiger partial charge on any atom is -0.479 e. The molecule has 0 fully saturated rings. The molecule has 0 aromatic heterocycles. The van der Waals surface area contributed by atoms with Crippen molar-refractivity contribution in [1.29, 1.82) is 0 Å². The number of rotatable bonds is 8. The third kappa shape index (κ3) is 7.19. The van der Waals surface area contributed by atoms with Gasteiger partial charge < -0.3 is 20.3 Å². The van der Waals surface area contributed by atoms with E-state index in [0.717, 1.165) is 0 Å². The first-order valence-corrected chi connectivity index (χ1v) is 5.13. The van der Waals surface area contributed by atoms with Gasteiger partial charge in [0.2, 0.25) is 5.91 Å². The Balaban J connectivity index is 3.62. The third-order valence-electron chi connectivity index (χ3n) is 2.01. The molecule has 0 rings (SSSR count). The van der Waals surface area contributed by atoms with Crippen LogP contribution in [0.1, 0.15) is 19.8 Å².